The molecule has 0 aliphatic heterocycles. The summed E-state index contributed by atoms with van der Waals surface area (Å²) in [5, 5.41) is 2.90. The molecule has 1 aliphatic rings. The summed E-state index contributed by atoms with van der Waals surface area (Å²) >= 11 is 0. The number of esters is 1. The Bertz CT molecular complexity index is 583. The van der Waals surface area contributed by atoms with Gasteiger partial charge in [-0.1, -0.05) is 30.3 Å². The molecule has 25 heavy (non-hydrogen) atoms. The molecule has 0 bridgehead atoms. The Labute approximate surface area is 150 Å². The normalized spacial score (nSPS) is 23.6. The predicted molar refractivity (Wildman–Crippen MR) is 96.0 cm³/mol. The van der Waals surface area contributed by atoms with Crippen LogP contribution in [0.2, 0.25) is 0 Å². The minimum Gasteiger partial charge on any atom is -0.460 e. The largest absolute Gasteiger partial charge is 0.460 e. The molecule has 5 nitrogen and oxygen atoms in total. The van der Waals surface area contributed by atoms with Gasteiger partial charge in [0.2, 0.25) is 0 Å². The molecule has 1 N–H and O–H groups in total. The number of alkyl carbamates (subject to hydrolysis) is 1. The smallest absolute Gasteiger partial charge is 0.407 e. The summed E-state index contributed by atoms with van der Waals surface area (Å²) in [5.74, 6) is -0.160. The van der Waals surface area contributed by atoms with Crippen LogP contribution in [0, 0.1) is 5.41 Å². The van der Waals surface area contributed by atoms with Gasteiger partial charge in [0.05, 0.1) is 5.41 Å². The summed E-state index contributed by atoms with van der Waals surface area (Å²) in [7, 11) is 0. The fourth-order valence-electron chi connectivity index (χ4n) is 2.97. The highest BCUT2D eigenvalue weighted by molar-refractivity contribution is 5.76. The summed E-state index contributed by atoms with van der Waals surface area (Å²) in [4.78, 5) is 24.3. The average molecular weight is 347 g/mol. The molecule has 0 aromatic heterocycles. The van der Waals surface area contributed by atoms with Gasteiger partial charge in [-0.3, -0.25) is 4.79 Å². The van der Waals surface area contributed by atoms with Gasteiger partial charge in [-0.05, 0) is 58.9 Å². The van der Waals surface area contributed by atoms with Crippen molar-refractivity contribution in [2.75, 3.05) is 0 Å². The molecule has 5 heteroatoms. The highest BCUT2D eigenvalue weighted by Gasteiger charge is 2.39. The summed E-state index contributed by atoms with van der Waals surface area (Å²) < 4.78 is 10.8. The first-order valence-electron chi connectivity index (χ1n) is 8.89. The van der Waals surface area contributed by atoms with Crippen molar-refractivity contribution in [1.29, 1.82) is 0 Å². The van der Waals surface area contributed by atoms with Crippen molar-refractivity contribution in [1.82, 2.24) is 5.32 Å². The third-order valence-electron chi connectivity index (χ3n) is 4.52. The maximum Gasteiger partial charge on any atom is 0.407 e. The number of hydrogen-bond donors (Lipinski definition) is 1. The van der Waals surface area contributed by atoms with Crippen molar-refractivity contribution in [3.05, 3.63) is 35.9 Å². The summed E-state index contributed by atoms with van der Waals surface area (Å²) in [6.45, 7) is 7.77. The molecular weight excluding hydrogens is 318 g/mol. The van der Waals surface area contributed by atoms with Crippen LogP contribution >= 0.6 is 0 Å². The van der Waals surface area contributed by atoms with E-state index in [1.54, 1.807) is 0 Å². The number of amides is 1. The van der Waals surface area contributed by atoms with Gasteiger partial charge in [-0.2, -0.15) is 0 Å². The minimum atomic E-state index is -0.505. The van der Waals surface area contributed by atoms with Crippen molar-refractivity contribution in [2.24, 2.45) is 5.41 Å². The minimum absolute atomic E-state index is 0.0462. The van der Waals surface area contributed by atoms with Crippen molar-refractivity contribution in [2.45, 2.75) is 71.6 Å². The lowest BCUT2D eigenvalue weighted by Crippen LogP contribution is -2.44. The third-order valence-corrected chi connectivity index (χ3v) is 4.52. The lowest BCUT2D eigenvalue weighted by atomic mass is 9.74. The number of hydrogen-bond acceptors (Lipinski definition) is 4. The first kappa shape index (κ1) is 19.3. The lowest BCUT2D eigenvalue weighted by molar-refractivity contribution is -0.158. The third kappa shape index (κ3) is 6.07. The van der Waals surface area contributed by atoms with Crippen LogP contribution < -0.4 is 5.32 Å². The van der Waals surface area contributed by atoms with Gasteiger partial charge in [-0.25, -0.2) is 4.79 Å². The van der Waals surface area contributed by atoms with Crippen LogP contribution in [-0.4, -0.2) is 23.7 Å². The van der Waals surface area contributed by atoms with Crippen LogP contribution in [0.3, 0.4) is 0 Å². The van der Waals surface area contributed by atoms with E-state index in [-0.39, 0.29) is 12.0 Å². The molecule has 0 spiro atoms. The number of rotatable bonds is 4. The molecule has 1 aromatic carbocycles. The molecule has 1 saturated carbocycles. The van der Waals surface area contributed by atoms with Crippen LogP contribution in [0.25, 0.3) is 0 Å². The van der Waals surface area contributed by atoms with E-state index in [2.05, 4.69) is 5.32 Å². The van der Waals surface area contributed by atoms with Gasteiger partial charge in [0, 0.05) is 6.04 Å². The first-order chi connectivity index (χ1) is 11.7. The Balaban J connectivity index is 1.79. The molecule has 1 fully saturated rings. The van der Waals surface area contributed by atoms with E-state index in [1.165, 1.54) is 0 Å². The second-order valence-corrected chi connectivity index (χ2v) is 8.04. The van der Waals surface area contributed by atoms with E-state index in [1.807, 2.05) is 58.0 Å². The first-order valence-corrected chi connectivity index (χ1v) is 8.89. The Morgan fingerprint density at radius 1 is 1.16 bits per heavy atom. The zero-order chi connectivity index (χ0) is 18.5. The second-order valence-electron chi connectivity index (χ2n) is 8.04. The molecule has 0 atom stereocenters. The molecule has 0 radical (unpaired) electrons. The van der Waals surface area contributed by atoms with E-state index < -0.39 is 17.1 Å². The van der Waals surface area contributed by atoms with E-state index in [9.17, 15) is 9.59 Å². The Kier molecular flexibility index (Phi) is 6.09. The van der Waals surface area contributed by atoms with Gasteiger partial charge < -0.3 is 14.8 Å². The molecule has 1 aliphatic carbocycles. The van der Waals surface area contributed by atoms with Gasteiger partial charge in [0.25, 0.3) is 0 Å². The summed E-state index contributed by atoms with van der Waals surface area (Å²) in [6.07, 6.45) is 2.49. The average Bonchev–Trinajstić information content (AvgIpc) is 2.54. The van der Waals surface area contributed by atoms with Crippen molar-refractivity contribution >= 4 is 12.1 Å². The van der Waals surface area contributed by atoms with E-state index in [0.29, 0.717) is 19.4 Å². The fourth-order valence-corrected chi connectivity index (χ4v) is 2.97. The summed E-state index contributed by atoms with van der Waals surface area (Å²) in [5.41, 5.74) is -0.00481. The Morgan fingerprint density at radius 2 is 1.76 bits per heavy atom. The van der Waals surface area contributed by atoms with Gasteiger partial charge in [0.1, 0.15) is 12.2 Å². The van der Waals surface area contributed by atoms with E-state index in [4.69, 9.17) is 9.47 Å². The van der Waals surface area contributed by atoms with Crippen LogP contribution in [0.15, 0.2) is 30.3 Å². The Hall–Kier alpha value is -2.04. The molecule has 0 saturated heterocycles. The second kappa shape index (κ2) is 7.89. The molecule has 1 aromatic rings. The SMILES string of the molecule is CC(C)(C)OC(=O)NC1CCC(C)(C(=O)OCc2ccccc2)CC1. The molecule has 138 valence electrons. The highest BCUT2D eigenvalue weighted by Crippen LogP contribution is 2.37. The Morgan fingerprint density at radius 3 is 2.32 bits per heavy atom. The maximum absolute atomic E-state index is 12.5. The molecule has 0 heterocycles. The number of benzene rings is 1. The molecule has 2 rings (SSSR count). The number of carbonyl (C=O) groups excluding carboxylic acids is 2. The predicted octanol–water partition coefficient (Wildman–Crippen LogP) is 4.20. The molecule has 0 unspecified atom stereocenters. The quantitative estimate of drug-likeness (QED) is 0.829. The fraction of sp³-hybridized carbons (Fsp3) is 0.600. The van der Waals surface area contributed by atoms with Crippen LogP contribution in [0.4, 0.5) is 4.79 Å². The highest BCUT2D eigenvalue weighted by atomic mass is 16.6. The van der Waals surface area contributed by atoms with Gasteiger partial charge in [0.15, 0.2) is 0 Å². The van der Waals surface area contributed by atoms with Gasteiger partial charge in [-0.15, -0.1) is 0 Å². The van der Waals surface area contributed by atoms with Crippen LogP contribution in [-0.2, 0) is 20.9 Å². The van der Waals surface area contributed by atoms with Crippen molar-refractivity contribution in [3.63, 3.8) is 0 Å². The standard InChI is InChI=1S/C20H29NO4/c1-19(2,3)25-18(23)21-16-10-12-20(4,13-11-16)17(22)24-14-15-8-6-5-7-9-15/h5-9,16H,10-14H2,1-4H3,(H,21,23). The lowest BCUT2D eigenvalue weighted by Gasteiger charge is -2.35. The van der Waals surface area contributed by atoms with Gasteiger partial charge >= 0.3 is 12.1 Å². The zero-order valence-corrected chi connectivity index (χ0v) is 15.6. The number of ether oxygens (including phenoxy) is 2. The number of carbonyl (C=O) groups is 2. The number of nitrogens with one attached hydrogen (secondary N) is 1. The van der Waals surface area contributed by atoms with Crippen molar-refractivity contribution < 1.29 is 19.1 Å². The van der Waals surface area contributed by atoms with Crippen LogP contribution in [0.1, 0.15) is 58.9 Å². The summed E-state index contributed by atoms with van der Waals surface area (Å²) in [6, 6.07) is 9.72. The zero-order valence-electron chi connectivity index (χ0n) is 15.6. The monoisotopic (exact) mass is 347 g/mol. The van der Waals surface area contributed by atoms with Crippen LogP contribution in [0.5, 0.6) is 0 Å². The topological polar surface area (TPSA) is 64.6 Å². The van der Waals surface area contributed by atoms with E-state index in [0.717, 1.165) is 18.4 Å². The van der Waals surface area contributed by atoms with E-state index >= 15 is 0 Å². The molecule has 1 amide bonds. The maximum atomic E-state index is 12.5. The van der Waals surface area contributed by atoms with Crippen molar-refractivity contribution in [3.8, 4) is 0 Å². The molecular formula is C20H29NO4.